The normalized spacial score (nSPS) is 11.9. The van der Waals surface area contributed by atoms with E-state index in [2.05, 4.69) is 5.32 Å². The molecule has 0 aromatic heterocycles. The summed E-state index contributed by atoms with van der Waals surface area (Å²) in [5.74, 6) is -1.35. The summed E-state index contributed by atoms with van der Waals surface area (Å²) in [6.45, 7) is 1.31. The maximum absolute atomic E-state index is 11.0. The molecular formula is C12H15NO3S. The standard InChI is InChI=1S/C12H15NO3S/c1-8(14)13-11(12(15)16)7-9-4-3-5-10(6-9)17-2/h3-6,11H,7H2,1-2H3,(H,13,14)(H,15,16)/t11-/m0/s1. The van der Waals surface area contributed by atoms with Crippen molar-refractivity contribution in [3.05, 3.63) is 29.8 Å². The first kappa shape index (κ1) is 13.6. The van der Waals surface area contributed by atoms with Gasteiger partial charge in [-0.1, -0.05) is 12.1 Å². The van der Waals surface area contributed by atoms with E-state index in [9.17, 15) is 9.59 Å². The SMILES string of the molecule is CSc1cccc(C[C@H](NC(C)=O)C(=O)O)c1. The lowest BCUT2D eigenvalue weighted by Crippen LogP contribution is -2.41. The number of benzene rings is 1. The van der Waals surface area contributed by atoms with Crippen molar-refractivity contribution in [3.8, 4) is 0 Å². The minimum atomic E-state index is -1.02. The lowest BCUT2D eigenvalue weighted by atomic mass is 10.1. The Bertz CT molecular complexity index is 420. The largest absolute Gasteiger partial charge is 0.480 e. The highest BCUT2D eigenvalue weighted by atomic mass is 32.2. The maximum atomic E-state index is 11.0. The molecule has 92 valence electrons. The van der Waals surface area contributed by atoms with Gasteiger partial charge < -0.3 is 10.4 Å². The van der Waals surface area contributed by atoms with Gasteiger partial charge in [-0.25, -0.2) is 4.79 Å². The smallest absolute Gasteiger partial charge is 0.326 e. The summed E-state index contributed by atoms with van der Waals surface area (Å²) in [7, 11) is 0. The van der Waals surface area contributed by atoms with Crippen molar-refractivity contribution >= 4 is 23.6 Å². The van der Waals surface area contributed by atoms with Crippen LogP contribution in [0.15, 0.2) is 29.2 Å². The van der Waals surface area contributed by atoms with E-state index < -0.39 is 12.0 Å². The molecule has 0 aliphatic heterocycles. The summed E-state index contributed by atoms with van der Waals surface area (Å²) < 4.78 is 0. The van der Waals surface area contributed by atoms with Gasteiger partial charge in [-0.3, -0.25) is 4.79 Å². The second-order valence-corrected chi connectivity index (χ2v) is 4.53. The van der Waals surface area contributed by atoms with E-state index in [0.29, 0.717) is 6.42 Å². The average molecular weight is 253 g/mol. The third-order valence-electron chi connectivity index (χ3n) is 2.25. The lowest BCUT2D eigenvalue weighted by Gasteiger charge is -2.13. The predicted molar refractivity (Wildman–Crippen MR) is 67.2 cm³/mol. The Morgan fingerprint density at radius 2 is 2.18 bits per heavy atom. The van der Waals surface area contributed by atoms with Gasteiger partial charge in [0.05, 0.1) is 0 Å². The Kier molecular flexibility index (Phi) is 5.03. The molecule has 0 saturated carbocycles. The summed E-state index contributed by atoms with van der Waals surface area (Å²) in [6, 6.07) is 6.76. The van der Waals surface area contributed by atoms with Gasteiger partial charge in [-0.15, -0.1) is 11.8 Å². The highest BCUT2D eigenvalue weighted by Crippen LogP contribution is 2.16. The molecule has 0 aliphatic carbocycles. The Morgan fingerprint density at radius 1 is 1.47 bits per heavy atom. The van der Waals surface area contributed by atoms with E-state index in [-0.39, 0.29) is 5.91 Å². The number of aliphatic carboxylic acids is 1. The van der Waals surface area contributed by atoms with Gasteiger partial charge in [0.1, 0.15) is 6.04 Å². The quantitative estimate of drug-likeness (QED) is 0.781. The molecule has 0 bridgehead atoms. The first-order valence-corrected chi connectivity index (χ1v) is 6.38. The number of nitrogens with one attached hydrogen (secondary N) is 1. The summed E-state index contributed by atoms with van der Waals surface area (Å²) in [5, 5.41) is 11.4. The minimum Gasteiger partial charge on any atom is -0.480 e. The minimum absolute atomic E-state index is 0.295. The first-order chi connectivity index (χ1) is 8.02. The van der Waals surface area contributed by atoms with Crippen molar-refractivity contribution in [3.63, 3.8) is 0 Å². The molecule has 0 unspecified atom stereocenters. The molecular weight excluding hydrogens is 238 g/mol. The number of thioether (sulfide) groups is 1. The van der Waals surface area contributed by atoms with E-state index in [1.165, 1.54) is 6.92 Å². The van der Waals surface area contributed by atoms with Gasteiger partial charge in [0.15, 0.2) is 0 Å². The second-order valence-electron chi connectivity index (χ2n) is 3.65. The summed E-state index contributed by atoms with van der Waals surface area (Å²) in [4.78, 5) is 22.9. The number of rotatable bonds is 5. The molecule has 0 heterocycles. The third kappa shape index (κ3) is 4.48. The van der Waals surface area contributed by atoms with E-state index >= 15 is 0 Å². The van der Waals surface area contributed by atoms with Crippen LogP contribution >= 0.6 is 11.8 Å². The Labute approximate surface area is 104 Å². The molecule has 1 atom stereocenters. The Balaban J connectivity index is 2.78. The molecule has 1 aromatic carbocycles. The number of hydrogen-bond donors (Lipinski definition) is 2. The summed E-state index contributed by atoms with van der Waals surface area (Å²) >= 11 is 1.60. The van der Waals surface area contributed by atoms with Crippen LogP contribution in [0.5, 0.6) is 0 Å². The molecule has 0 saturated heterocycles. The highest BCUT2D eigenvalue weighted by Gasteiger charge is 2.18. The van der Waals surface area contributed by atoms with Gasteiger partial charge in [0.2, 0.25) is 5.91 Å². The summed E-state index contributed by atoms with van der Waals surface area (Å²) in [6.07, 6.45) is 2.25. The van der Waals surface area contributed by atoms with Gasteiger partial charge >= 0.3 is 5.97 Å². The topological polar surface area (TPSA) is 66.4 Å². The summed E-state index contributed by atoms with van der Waals surface area (Å²) in [5.41, 5.74) is 0.901. The zero-order chi connectivity index (χ0) is 12.8. The van der Waals surface area contributed by atoms with E-state index in [4.69, 9.17) is 5.11 Å². The predicted octanol–water partition coefficient (Wildman–Crippen LogP) is 1.54. The molecule has 0 spiro atoms. The van der Waals surface area contributed by atoms with E-state index in [1.807, 2.05) is 30.5 Å². The van der Waals surface area contributed by atoms with Gasteiger partial charge in [-0.2, -0.15) is 0 Å². The third-order valence-corrected chi connectivity index (χ3v) is 2.97. The number of carboxylic acids is 1. The van der Waals surface area contributed by atoms with Crippen LogP contribution < -0.4 is 5.32 Å². The number of carbonyl (C=O) groups is 2. The molecule has 5 heteroatoms. The fraction of sp³-hybridized carbons (Fsp3) is 0.333. The van der Waals surface area contributed by atoms with Crippen molar-refractivity contribution < 1.29 is 14.7 Å². The van der Waals surface area contributed by atoms with Crippen LogP contribution in [0.2, 0.25) is 0 Å². The maximum Gasteiger partial charge on any atom is 0.326 e. The van der Waals surface area contributed by atoms with Crippen LogP contribution in [0.4, 0.5) is 0 Å². The van der Waals surface area contributed by atoms with E-state index in [0.717, 1.165) is 10.5 Å². The zero-order valence-electron chi connectivity index (χ0n) is 9.77. The molecule has 1 rings (SSSR count). The average Bonchev–Trinajstić information content (AvgIpc) is 2.27. The molecule has 0 radical (unpaired) electrons. The van der Waals surface area contributed by atoms with Crippen LogP contribution in [0, 0.1) is 0 Å². The van der Waals surface area contributed by atoms with Gasteiger partial charge in [0, 0.05) is 18.2 Å². The molecule has 1 aromatic rings. The highest BCUT2D eigenvalue weighted by molar-refractivity contribution is 7.98. The molecule has 0 fully saturated rings. The van der Waals surface area contributed by atoms with Crippen molar-refractivity contribution in [1.29, 1.82) is 0 Å². The molecule has 1 amide bonds. The van der Waals surface area contributed by atoms with E-state index in [1.54, 1.807) is 11.8 Å². The lowest BCUT2D eigenvalue weighted by molar-refractivity contribution is -0.141. The van der Waals surface area contributed by atoms with Gasteiger partial charge in [-0.05, 0) is 24.0 Å². The Hall–Kier alpha value is -1.49. The van der Waals surface area contributed by atoms with Crippen molar-refractivity contribution in [2.75, 3.05) is 6.26 Å². The fourth-order valence-corrected chi connectivity index (χ4v) is 1.96. The number of carbonyl (C=O) groups excluding carboxylic acids is 1. The number of hydrogen-bond acceptors (Lipinski definition) is 3. The first-order valence-electron chi connectivity index (χ1n) is 5.15. The molecule has 4 nitrogen and oxygen atoms in total. The van der Waals surface area contributed by atoms with Gasteiger partial charge in [0.25, 0.3) is 0 Å². The molecule has 2 N–H and O–H groups in total. The van der Waals surface area contributed by atoms with Crippen LogP contribution in [-0.2, 0) is 16.0 Å². The van der Waals surface area contributed by atoms with Crippen LogP contribution in [0.25, 0.3) is 0 Å². The number of carboxylic acid groups (broad SMARTS) is 1. The Morgan fingerprint density at radius 3 is 2.71 bits per heavy atom. The van der Waals surface area contributed by atoms with Crippen LogP contribution in [0.3, 0.4) is 0 Å². The van der Waals surface area contributed by atoms with Crippen LogP contribution in [0.1, 0.15) is 12.5 Å². The second kappa shape index (κ2) is 6.30. The fourth-order valence-electron chi connectivity index (χ4n) is 1.48. The van der Waals surface area contributed by atoms with Crippen LogP contribution in [-0.4, -0.2) is 29.3 Å². The monoisotopic (exact) mass is 253 g/mol. The number of amides is 1. The molecule has 17 heavy (non-hydrogen) atoms. The van der Waals surface area contributed by atoms with Crippen molar-refractivity contribution in [2.24, 2.45) is 0 Å². The van der Waals surface area contributed by atoms with Crippen molar-refractivity contribution in [2.45, 2.75) is 24.3 Å². The molecule has 0 aliphatic rings. The van der Waals surface area contributed by atoms with Crippen molar-refractivity contribution in [1.82, 2.24) is 5.32 Å². The zero-order valence-corrected chi connectivity index (χ0v) is 10.6.